The van der Waals surface area contributed by atoms with Gasteiger partial charge in [0.1, 0.15) is 0 Å². The second kappa shape index (κ2) is 6.60. The van der Waals surface area contributed by atoms with Crippen LogP contribution in [0.3, 0.4) is 0 Å². The van der Waals surface area contributed by atoms with Crippen LogP contribution in [0.1, 0.15) is 0 Å². The second-order valence-electron chi connectivity index (χ2n) is 4.53. The van der Waals surface area contributed by atoms with E-state index < -0.39 is 41.4 Å². The summed E-state index contributed by atoms with van der Waals surface area (Å²) in [4.78, 5) is 23.3. The molecule has 0 saturated carbocycles. The van der Waals surface area contributed by atoms with Gasteiger partial charge in [-0.1, -0.05) is 0 Å². The molecule has 19 heavy (non-hydrogen) atoms. The summed E-state index contributed by atoms with van der Waals surface area (Å²) in [5.74, 6) is -1.95. The van der Waals surface area contributed by atoms with Gasteiger partial charge in [-0.2, -0.15) is 0 Å². The Bertz CT molecular complexity index is 438. The number of hydrogen-bond donors (Lipinski definition) is 0. The molecule has 2 unspecified atom stereocenters. The van der Waals surface area contributed by atoms with Crippen LogP contribution >= 0.6 is 7.26 Å². The van der Waals surface area contributed by atoms with Crippen LogP contribution in [0.25, 0.3) is 0 Å². The van der Waals surface area contributed by atoms with Crippen LogP contribution in [0.2, 0.25) is 0 Å². The Balaban J connectivity index is 5.63. The van der Waals surface area contributed by atoms with Gasteiger partial charge >= 0.3 is 11.9 Å². The van der Waals surface area contributed by atoms with Gasteiger partial charge in [0, 0.05) is 27.3 Å². The Morgan fingerprint density at radius 3 is 1.74 bits per heavy atom. The maximum absolute atomic E-state index is 11.7. The fourth-order valence-corrected chi connectivity index (χ4v) is 3.69. The average molecular weight is 316 g/mol. The standard InChI is InChI=1S/C9H17O8PS/c1-15-8(10)6(17-19(12,13)14)7(9(11)16-2)18(3,4)5/h6-7H,1-5H3. The van der Waals surface area contributed by atoms with Gasteiger partial charge in [-0.05, 0) is 0 Å². The predicted octanol–water partition coefficient (Wildman–Crippen LogP) is -0.547. The molecule has 0 heterocycles. The van der Waals surface area contributed by atoms with Crippen molar-refractivity contribution in [2.24, 2.45) is 0 Å². The molecule has 0 aromatic carbocycles. The van der Waals surface area contributed by atoms with Gasteiger partial charge in [0.2, 0.25) is 22.2 Å². The largest absolute Gasteiger partial charge is 0.725 e. The quantitative estimate of drug-likeness (QED) is 0.277. The summed E-state index contributed by atoms with van der Waals surface area (Å²) in [5.41, 5.74) is -1.20. The predicted molar refractivity (Wildman–Crippen MR) is 67.1 cm³/mol. The first-order chi connectivity index (χ1) is 8.44. The van der Waals surface area contributed by atoms with E-state index in [0.717, 1.165) is 14.2 Å². The van der Waals surface area contributed by atoms with Gasteiger partial charge in [-0.25, -0.2) is 18.0 Å². The Hall–Kier alpha value is -0.760. The minimum atomic E-state index is -5.17. The zero-order chi connectivity index (χ0) is 15.4. The SMILES string of the molecule is COC(=O)C(OS(=O)(=O)[O-])C(C(=O)OC)[P+](C)(C)C. The highest BCUT2D eigenvalue weighted by atomic mass is 32.3. The Kier molecular flexibility index (Phi) is 6.34. The van der Waals surface area contributed by atoms with E-state index in [-0.39, 0.29) is 0 Å². The number of esters is 2. The molecule has 0 aliphatic carbocycles. The van der Waals surface area contributed by atoms with E-state index in [1.807, 2.05) is 0 Å². The van der Waals surface area contributed by atoms with Gasteiger partial charge in [-0.15, -0.1) is 0 Å². The smallest absolute Gasteiger partial charge is 0.350 e. The van der Waals surface area contributed by atoms with E-state index >= 15 is 0 Å². The molecule has 0 rings (SSSR count). The van der Waals surface area contributed by atoms with Gasteiger partial charge in [-0.3, -0.25) is 4.18 Å². The monoisotopic (exact) mass is 316 g/mol. The molecule has 112 valence electrons. The molecule has 0 fully saturated rings. The lowest BCUT2D eigenvalue weighted by Gasteiger charge is -2.28. The average Bonchev–Trinajstić information content (AvgIpc) is 2.23. The van der Waals surface area contributed by atoms with Crippen molar-refractivity contribution in [1.29, 1.82) is 0 Å². The lowest BCUT2D eigenvalue weighted by atomic mass is 10.2. The minimum Gasteiger partial charge on any atom is -0.725 e. The Morgan fingerprint density at radius 1 is 1.05 bits per heavy atom. The third kappa shape index (κ3) is 5.82. The molecule has 0 aliphatic heterocycles. The minimum absolute atomic E-state index is 0.833. The molecule has 8 nitrogen and oxygen atoms in total. The van der Waals surface area contributed by atoms with Crippen molar-refractivity contribution in [3.63, 3.8) is 0 Å². The van der Waals surface area contributed by atoms with Crippen LogP contribution in [-0.2, 0) is 33.6 Å². The fraction of sp³-hybridized carbons (Fsp3) is 0.778. The molecule has 0 bridgehead atoms. The van der Waals surface area contributed by atoms with Gasteiger partial charge in [0.05, 0.1) is 14.2 Å². The summed E-state index contributed by atoms with van der Waals surface area (Å²) in [6, 6.07) is 0. The number of carbonyl (C=O) groups excluding carboxylic acids is 2. The molecule has 0 saturated heterocycles. The zero-order valence-corrected chi connectivity index (χ0v) is 13.0. The number of hydrogen-bond acceptors (Lipinski definition) is 8. The molecular formula is C9H17O8PS. The van der Waals surface area contributed by atoms with E-state index in [2.05, 4.69) is 13.7 Å². The summed E-state index contributed by atoms with van der Waals surface area (Å²) >= 11 is 0. The molecule has 0 amide bonds. The third-order valence-corrected chi connectivity index (χ3v) is 4.81. The maximum atomic E-state index is 11.7. The summed E-state index contributed by atoms with van der Waals surface area (Å²) < 4.78 is 45.1. The molecule has 0 spiro atoms. The van der Waals surface area contributed by atoms with E-state index in [1.54, 1.807) is 20.0 Å². The normalized spacial score (nSPS) is 15.5. The van der Waals surface area contributed by atoms with Crippen molar-refractivity contribution < 1.29 is 36.2 Å². The van der Waals surface area contributed by atoms with E-state index in [9.17, 15) is 22.6 Å². The van der Waals surface area contributed by atoms with Crippen molar-refractivity contribution >= 4 is 29.6 Å². The summed E-state index contributed by atoms with van der Waals surface area (Å²) in [6.07, 6.45) is -1.84. The number of carbonyl (C=O) groups is 2. The molecular weight excluding hydrogens is 299 g/mol. The highest BCUT2D eigenvalue weighted by Crippen LogP contribution is 2.54. The Labute approximate surface area is 112 Å². The molecule has 0 aliphatic rings. The van der Waals surface area contributed by atoms with Crippen molar-refractivity contribution in [3.05, 3.63) is 0 Å². The van der Waals surface area contributed by atoms with Crippen LogP contribution < -0.4 is 0 Å². The van der Waals surface area contributed by atoms with Crippen molar-refractivity contribution in [2.75, 3.05) is 34.2 Å². The molecule has 0 radical (unpaired) electrons. The number of methoxy groups -OCH3 is 2. The fourth-order valence-electron chi connectivity index (χ4n) is 1.43. The first-order valence-corrected chi connectivity index (χ1v) is 9.58. The van der Waals surface area contributed by atoms with Crippen molar-refractivity contribution in [1.82, 2.24) is 0 Å². The van der Waals surface area contributed by atoms with Crippen LogP contribution in [0.5, 0.6) is 0 Å². The van der Waals surface area contributed by atoms with Crippen LogP contribution in [0.4, 0.5) is 0 Å². The number of rotatable bonds is 6. The lowest BCUT2D eigenvalue weighted by molar-refractivity contribution is -0.154. The maximum Gasteiger partial charge on any atom is 0.350 e. The summed E-state index contributed by atoms with van der Waals surface area (Å²) in [6.45, 7) is 5.02. The van der Waals surface area contributed by atoms with Crippen molar-refractivity contribution in [2.45, 2.75) is 11.8 Å². The van der Waals surface area contributed by atoms with Crippen LogP contribution in [-0.4, -0.2) is 70.9 Å². The lowest BCUT2D eigenvalue weighted by Crippen LogP contribution is -2.45. The molecule has 0 aromatic rings. The van der Waals surface area contributed by atoms with E-state index in [0.29, 0.717) is 0 Å². The molecule has 10 heteroatoms. The molecule has 0 N–H and O–H groups in total. The van der Waals surface area contributed by atoms with Crippen LogP contribution in [0, 0.1) is 0 Å². The first kappa shape index (κ1) is 18.2. The number of ether oxygens (including phenoxy) is 2. The van der Waals surface area contributed by atoms with Gasteiger partial charge < -0.3 is 14.0 Å². The highest BCUT2D eigenvalue weighted by molar-refractivity contribution is 7.81. The third-order valence-electron chi connectivity index (χ3n) is 2.22. The van der Waals surface area contributed by atoms with Crippen molar-refractivity contribution in [3.8, 4) is 0 Å². The topological polar surface area (TPSA) is 119 Å². The zero-order valence-electron chi connectivity index (χ0n) is 11.3. The van der Waals surface area contributed by atoms with Gasteiger partial charge in [0.25, 0.3) is 0 Å². The van der Waals surface area contributed by atoms with Crippen LogP contribution in [0.15, 0.2) is 0 Å². The highest BCUT2D eigenvalue weighted by Gasteiger charge is 2.50. The summed E-state index contributed by atoms with van der Waals surface area (Å²) in [7, 11) is -5.20. The second-order valence-corrected chi connectivity index (χ2v) is 10.3. The van der Waals surface area contributed by atoms with Gasteiger partial charge in [0.15, 0.2) is 0 Å². The molecule has 2 atom stereocenters. The Morgan fingerprint density at radius 2 is 1.47 bits per heavy atom. The molecule has 0 aromatic heterocycles. The first-order valence-electron chi connectivity index (χ1n) is 5.05. The summed E-state index contributed by atoms with van der Waals surface area (Å²) in [5, 5.41) is 0. The van der Waals surface area contributed by atoms with E-state index in [4.69, 9.17) is 0 Å². The van der Waals surface area contributed by atoms with E-state index in [1.165, 1.54) is 0 Å².